The first-order valence-corrected chi connectivity index (χ1v) is 11.0. The molecule has 6 heteroatoms. The van der Waals surface area contributed by atoms with Crippen LogP contribution in [0.2, 0.25) is 0 Å². The van der Waals surface area contributed by atoms with E-state index in [-0.39, 0.29) is 12.0 Å². The Bertz CT molecular complexity index is 881. The number of amides is 1. The maximum absolute atomic E-state index is 12.1. The molecule has 2 N–H and O–H groups in total. The summed E-state index contributed by atoms with van der Waals surface area (Å²) >= 11 is 5.44. The second-order valence-corrected chi connectivity index (χ2v) is 8.35. The fraction of sp³-hybridized carbons (Fsp3) is 0.417. The van der Waals surface area contributed by atoms with E-state index in [0.29, 0.717) is 11.5 Å². The summed E-state index contributed by atoms with van der Waals surface area (Å²) in [7, 11) is 0. The van der Waals surface area contributed by atoms with E-state index in [4.69, 9.17) is 17.0 Å². The predicted octanol–water partition coefficient (Wildman–Crippen LogP) is 4.83. The van der Waals surface area contributed by atoms with Gasteiger partial charge < -0.3 is 20.3 Å². The van der Waals surface area contributed by atoms with Crippen LogP contribution in [-0.4, -0.2) is 30.2 Å². The minimum atomic E-state index is 0.189. The number of hydrogen-bond acceptors (Lipinski definition) is 3. The lowest BCUT2D eigenvalue weighted by Crippen LogP contribution is -2.30. The summed E-state index contributed by atoms with van der Waals surface area (Å²) < 4.78 is 5.68. The number of thiocarbonyl (C=S) groups is 1. The van der Waals surface area contributed by atoms with Gasteiger partial charge in [0.1, 0.15) is 5.75 Å². The van der Waals surface area contributed by atoms with E-state index in [1.54, 1.807) is 0 Å². The Balaban J connectivity index is 1.44. The Hall–Kier alpha value is -2.60. The van der Waals surface area contributed by atoms with E-state index in [1.807, 2.05) is 56.0 Å². The van der Waals surface area contributed by atoms with Crippen molar-refractivity contribution in [1.29, 1.82) is 0 Å². The molecule has 0 atom stereocenters. The van der Waals surface area contributed by atoms with Gasteiger partial charge in [-0.2, -0.15) is 0 Å². The highest BCUT2D eigenvalue weighted by atomic mass is 32.1. The number of ether oxygens (including phenoxy) is 1. The van der Waals surface area contributed by atoms with Gasteiger partial charge in [0.2, 0.25) is 5.91 Å². The number of benzene rings is 2. The molecule has 0 aliphatic carbocycles. The van der Waals surface area contributed by atoms with Crippen LogP contribution in [0.5, 0.6) is 5.75 Å². The van der Waals surface area contributed by atoms with Crippen molar-refractivity contribution in [2.45, 2.75) is 52.6 Å². The zero-order valence-corrected chi connectivity index (χ0v) is 18.8. The van der Waals surface area contributed by atoms with Crippen molar-refractivity contribution in [2.24, 2.45) is 0 Å². The summed E-state index contributed by atoms with van der Waals surface area (Å²) in [5.41, 5.74) is 4.24. The first-order valence-electron chi connectivity index (χ1n) is 10.6. The fourth-order valence-electron chi connectivity index (χ4n) is 3.56. The van der Waals surface area contributed by atoms with Crippen molar-refractivity contribution in [1.82, 2.24) is 5.32 Å². The van der Waals surface area contributed by atoms with Crippen LogP contribution in [0, 0.1) is 6.92 Å². The van der Waals surface area contributed by atoms with E-state index in [1.165, 1.54) is 5.56 Å². The van der Waals surface area contributed by atoms with Crippen molar-refractivity contribution < 1.29 is 9.53 Å². The second-order valence-electron chi connectivity index (χ2n) is 7.95. The smallest absolute Gasteiger partial charge is 0.227 e. The average molecular weight is 426 g/mol. The van der Waals surface area contributed by atoms with Gasteiger partial charge in [0.15, 0.2) is 5.11 Å². The molecule has 1 aliphatic rings. The van der Waals surface area contributed by atoms with Crippen LogP contribution in [0.3, 0.4) is 0 Å². The Morgan fingerprint density at radius 3 is 2.63 bits per heavy atom. The van der Waals surface area contributed by atoms with Gasteiger partial charge in [-0.3, -0.25) is 4.79 Å². The zero-order chi connectivity index (χ0) is 21.5. The van der Waals surface area contributed by atoms with Crippen molar-refractivity contribution in [2.75, 3.05) is 23.3 Å². The Morgan fingerprint density at radius 1 is 1.20 bits per heavy atom. The number of nitrogens with zero attached hydrogens (tertiary/aromatic N) is 1. The van der Waals surface area contributed by atoms with Gasteiger partial charge in [0.05, 0.1) is 6.10 Å². The highest BCUT2D eigenvalue weighted by molar-refractivity contribution is 7.80. The summed E-state index contributed by atoms with van der Waals surface area (Å²) in [6.07, 6.45) is 3.69. The zero-order valence-electron chi connectivity index (χ0n) is 18.0. The van der Waals surface area contributed by atoms with Crippen molar-refractivity contribution in [3.63, 3.8) is 0 Å². The van der Waals surface area contributed by atoms with Gasteiger partial charge in [0.25, 0.3) is 0 Å². The molecule has 1 saturated heterocycles. The van der Waals surface area contributed by atoms with Crippen LogP contribution in [0.25, 0.3) is 0 Å². The van der Waals surface area contributed by atoms with Crippen LogP contribution in [0.4, 0.5) is 11.4 Å². The van der Waals surface area contributed by atoms with E-state index in [0.717, 1.165) is 55.0 Å². The maximum atomic E-state index is 12.1. The van der Waals surface area contributed by atoms with Gasteiger partial charge >= 0.3 is 0 Å². The molecule has 30 heavy (non-hydrogen) atoms. The third kappa shape index (κ3) is 6.20. The third-order valence-electron chi connectivity index (χ3n) is 5.05. The SMILES string of the molecule is Cc1ccc(NC(=S)NCCCc2ccc(OC(C)C)cc2)cc1N1CCCC1=O. The van der Waals surface area contributed by atoms with Gasteiger partial charge in [-0.25, -0.2) is 0 Å². The minimum Gasteiger partial charge on any atom is -0.491 e. The average Bonchev–Trinajstić information content (AvgIpc) is 3.13. The molecule has 1 heterocycles. The Kier molecular flexibility index (Phi) is 7.69. The van der Waals surface area contributed by atoms with Gasteiger partial charge in [-0.05, 0) is 87.6 Å². The maximum Gasteiger partial charge on any atom is 0.227 e. The molecule has 1 aliphatic heterocycles. The molecular weight excluding hydrogens is 394 g/mol. The first-order chi connectivity index (χ1) is 14.4. The molecule has 0 spiro atoms. The largest absolute Gasteiger partial charge is 0.491 e. The highest BCUT2D eigenvalue weighted by Crippen LogP contribution is 2.28. The van der Waals surface area contributed by atoms with Crippen LogP contribution < -0.4 is 20.3 Å². The summed E-state index contributed by atoms with van der Waals surface area (Å²) in [5, 5.41) is 7.10. The predicted molar refractivity (Wildman–Crippen MR) is 128 cm³/mol. The van der Waals surface area contributed by atoms with Crippen LogP contribution in [0.1, 0.15) is 44.2 Å². The number of carbonyl (C=O) groups excluding carboxylic acids is 1. The summed E-state index contributed by atoms with van der Waals surface area (Å²) in [5.74, 6) is 1.10. The summed E-state index contributed by atoms with van der Waals surface area (Å²) in [6.45, 7) is 7.66. The summed E-state index contributed by atoms with van der Waals surface area (Å²) in [6, 6.07) is 14.3. The fourth-order valence-corrected chi connectivity index (χ4v) is 3.78. The molecular formula is C24H31N3O2S. The van der Waals surface area contributed by atoms with Crippen LogP contribution in [-0.2, 0) is 11.2 Å². The van der Waals surface area contributed by atoms with Crippen molar-refractivity contribution >= 4 is 34.6 Å². The highest BCUT2D eigenvalue weighted by Gasteiger charge is 2.23. The number of nitrogens with one attached hydrogen (secondary N) is 2. The van der Waals surface area contributed by atoms with E-state index < -0.39 is 0 Å². The Labute approximate surface area is 184 Å². The van der Waals surface area contributed by atoms with Gasteiger partial charge in [-0.15, -0.1) is 0 Å². The van der Waals surface area contributed by atoms with E-state index in [9.17, 15) is 4.79 Å². The first kappa shape index (κ1) is 22.1. The molecule has 160 valence electrons. The topological polar surface area (TPSA) is 53.6 Å². The number of carbonyl (C=O) groups is 1. The molecule has 0 saturated carbocycles. The van der Waals surface area contributed by atoms with E-state index >= 15 is 0 Å². The van der Waals surface area contributed by atoms with Crippen LogP contribution >= 0.6 is 12.2 Å². The molecule has 0 radical (unpaired) electrons. The molecule has 2 aromatic rings. The molecule has 0 unspecified atom stereocenters. The lowest BCUT2D eigenvalue weighted by molar-refractivity contribution is -0.117. The van der Waals surface area contributed by atoms with Gasteiger partial charge in [0, 0.05) is 30.9 Å². The number of hydrogen-bond donors (Lipinski definition) is 2. The number of anilines is 2. The minimum absolute atomic E-state index is 0.189. The summed E-state index contributed by atoms with van der Waals surface area (Å²) in [4.78, 5) is 13.9. The lowest BCUT2D eigenvalue weighted by atomic mass is 10.1. The second kappa shape index (κ2) is 10.4. The third-order valence-corrected chi connectivity index (χ3v) is 5.30. The standard InChI is InChI=1S/C24H31N3O2S/c1-17(2)29-21-12-9-19(10-13-21)6-4-14-25-24(30)26-20-11-8-18(3)22(16-20)27-15-5-7-23(27)28/h8-13,16-17H,4-7,14-15H2,1-3H3,(H2,25,26,30). The molecule has 3 rings (SSSR count). The number of rotatable bonds is 8. The quantitative estimate of drug-likeness (QED) is 0.469. The molecule has 0 bridgehead atoms. The molecule has 0 aromatic heterocycles. The molecule has 5 nitrogen and oxygen atoms in total. The monoisotopic (exact) mass is 425 g/mol. The molecule has 1 fully saturated rings. The van der Waals surface area contributed by atoms with Crippen molar-refractivity contribution in [3.05, 3.63) is 53.6 Å². The van der Waals surface area contributed by atoms with Crippen LogP contribution in [0.15, 0.2) is 42.5 Å². The number of aryl methyl sites for hydroxylation is 2. The van der Waals surface area contributed by atoms with E-state index in [2.05, 4.69) is 22.8 Å². The molecule has 1 amide bonds. The van der Waals surface area contributed by atoms with Gasteiger partial charge in [-0.1, -0.05) is 18.2 Å². The lowest BCUT2D eigenvalue weighted by Gasteiger charge is -2.20. The Morgan fingerprint density at radius 2 is 1.97 bits per heavy atom. The normalized spacial score (nSPS) is 13.6. The molecule has 2 aromatic carbocycles. The van der Waals surface area contributed by atoms with Crippen molar-refractivity contribution in [3.8, 4) is 5.75 Å².